The Morgan fingerprint density at radius 3 is 2.47 bits per heavy atom. The van der Waals surface area contributed by atoms with E-state index in [9.17, 15) is 14.0 Å². The molecule has 0 bridgehead atoms. The highest BCUT2D eigenvalue weighted by Gasteiger charge is 2.35. The van der Waals surface area contributed by atoms with Crippen LogP contribution in [0.2, 0.25) is 0 Å². The number of amides is 2. The van der Waals surface area contributed by atoms with Gasteiger partial charge in [-0.3, -0.25) is 14.5 Å². The summed E-state index contributed by atoms with van der Waals surface area (Å²) in [7, 11) is 1.55. The summed E-state index contributed by atoms with van der Waals surface area (Å²) in [5.74, 6) is 0.228. The van der Waals surface area contributed by atoms with Gasteiger partial charge in [0.1, 0.15) is 12.4 Å². The second kappa shape index (κ2) is 10.6. The molecule has 1 heterocycles. The van der Waals surface area contributed by atoms with E-state index < -0.39 is 17.0 Å². The van der Waals surface area contributed by atoms with Gasteiger partial charge >= 0.3 is 0 Å². The summed E-state index contributed by atoms with van der Waals surface area (Å²) < 4.78 is 26.4. The molecule has 0 aliphatic carbocycles. The fraction of sp³-hybridized carbons (Fsp3) is 0.154. The van der Waals surface area contributed by atoms with Crippen molar-refractivity contribution in [1.29, 1.82) is 0 Å². The summed E-state index contributed by atoms with van der Waals surface area (Å²) in [6.45, 7) is 2.32. The van der Waals surface area contributed by atoms with Gasteiger partial charge in [-0.1, -0.05) is 42.5 Å². The Morgan fingerprint density at radius 2 is 1.76 bits per heavy atom. The predicted octanol–water partition coefficient (Wildman–Crippen LogP) is 6.56. The van der Waals surface area contributed by atoms with Crippen LogP contribution in [0.1, 0.15) is 22.3 Å². The van der Waals surface area contributed by atoms with Gasteiger partial charge in [0.05, 0.1) is 22.1 Å². The van der Waals surface area contributed by atoms with E-state index in [1.807, 2.05) is 37.3 Å². The molecule has 3 aromatic carbocycles. The lowest BCUT2D eigenvalue weighted by atomic mass is 10.1. The van der Waals surface area contributed by atoms with Crippen LogP contribution in [0.5, 0.6) is 11.5 Å². The smallest absolute Gasteiger partial charge is 0.293 e. The topological polar surface area (TPSA) is 55.8 Å². The molecule has 8 heteroatoms. The van der Waals surface area contributed by atoms with E-state index in [2.05, 4.69) is 22.6 Å². The maximum Gasteiger partial charge on any atom is 0.293 e. The number of hydrogen-bond donors (Lipinski definition) is 0. The molecule has 1 aliphatic rings. The van der Waals surface area contributed by atoms with E-state index in [0.717, 1.165) is 31.4 Å². The van der Waals surface area contributed by atoms with Gasteiger partial charge in [-0.2, -0.15) is 0 Å². The monoisotopic (exact) mass is 589 g/mol. The van der Waals surface area contributed by atoms with E-state index in [1.165, 1.54) is 6.07 Å². The first-order valence-electron chi connectivity index (χ1n) is 10.4. The molecule has 2 amide bonds. The van der Waals surface area contributed by atoms with Crippen LogP contribution in [0.3, 0.4) is 0 Å². The number of benzene rings is 3. The van der Waals surface area contributed by atoms with Crippen molar-refractivity contribution < 1.29 is 23.5 Å². The van der Waals surface area contributed by atoms with Gasteiger partial charge in [-0.05, 0) is 82.2 Å². The van der Waals surface area contributed by atoms with Crippen LogP contribution in [-0.2, 0) is 17.9 Å². The van der Waals surface area contributed by atoms with E-state index in [4.69, 9.17) is 9.47 Å². The Bertz CT molecular complexity index is 1290. The summed E-state index contributed by atoms with van der Waals surface area (Å²) in [5, 5.41) is -0.431. The third-order valence-electron chi connectivity index (χ3n) is 5.34. The Balaban J connectivity index is 1.55. The van der Waals surface area contributed by atoms with Crippen molar-refractivity contribution in [3.63, 3.8) is 0 Å². The van der Waals surface area contributed by atoms with Gasteiger partial charge in [0.15, 0.2) is 11.5 Å². The average molecular weight is 589 g/mol. The molecular weight excluding hydrogens is 568 g/mol. The van der Waals surface area contributed by atoms with E-state index in [-0.39, 0.29) is 17.0 Å². The molecule has 0 atom stereocenters. The maximum absolute atomic E-state index is 14.0. The molecule has 1 fully saturated rings. The molecular formula is C26H21FINO4S. The third-order valence-corrected chi connectivity index (χ3v) is 7.05. The number of thioether (sulfide) groups is 1. The summed E-state index contributed by atoms with van der Waals surface area (Å²) in [5.41, 5.74) is 3.20. The molecule has 0 spiro atoms. The molecule has 5 nitrogen and oxygen atoms in total. The molecule has 0 unspecified atom stereocenters. The van der Waals surface area contributed by atoms with Gasteiger partial charge in [-0.25, -0.2) is 4.39 Å². The van der Waals surface area contributed by atoms with Gasteiger partial charge in [0.25, 0.3) is 11.1 Å². The lowest BCUT2D eigenvalue weighted by Crippen LogP contribution is -2.27. The second-order valence-corrected chi connectivity index (χ2v) is 9.76. The first-order valence-corrected chi connectivity index (χ1v) is 12.3. The lowest BCUT2D eigenvalue weighted by molar-refractivity contribution is -0.123. The van der Waals surface area contributed by atoms with E-state index in [1.54, 1.807) is 37.5 Å². The number of nitrogens with zero attached hydrogens (tertiary/aromatic N) is 1. The van der Waals surface area contributed by atoms with Crippen LogP contribution in [0.15, 0.2) is 65.6 Å². The summed E-state index contributed by atoms with van der Waals surface area (Å²) >= 11 is 3.00. The molecule has 34 heavy (non-hydrogen) atoms. The number of halogens is 2. The van der Waals surface area contributed by atoms with Crippen LogP contribution in [0.25, 0.3) is 6.08 Å². The molecule has 174 valence electrons. The van der Waals surface area contributed by atoms with Crippen molar-refractivity contribution in [1.82, 2.24) is 4.90 Å². The number of ether oxygens (including phenoxy) is 2. The first kappa shape index (κ1) is 24.3. The Kier molecular flexibility index (Phi) is 7.57. The minimum Gasteiger partial charge on any atom is -0.493 e. The molecule has 1 saturated heterocycles. The zero-order valence-electron chi connectivity index (χ0n) is 18.5. The minimum atomic E-state index is -0.453. The van der Waals surface area contributed by atoms with Crippen molar-refractivity contribution in [2.75, 3.05) is 7.11 Å². The fourth-order valence-corrected chi connectivity index (χ4v) is 5.09. The Hall–Kier alpha value is -2.85. The number of carbonyl (C=O) groups is 2. The van der Waals surface area contributed by atoms with Crippen LogP contribution in [0, 0.1) is 16.3 Å². The van der Waals surface area contributed by atoms with Crippen molar-refractivity contribution in [2.45, 2.75) is 20.1 Å². The van der Waals surface area contributed by atoms with Crippen LogP contribution >= 0.6 is 34.4 Å². The van der Waals surface area contributed by atoms with Crippen LogP contribution < -0.4 is 9.47 Å². The van der Waals surface area contributed by atoms with E-state index >= 15 is 0 Å². The second-order valence-electron chi connectivity index (χ2n) is 7.61. The van der Waals surface area contributed by atoms with Gasteiger partial charge in [-0.15, -0.1) is 0 Å². The number of aryl methyl sites for hydroxylation is 1. The third kappa shape index (κ3) is 5.28. The zero-order valence-corrected chi connectivity index (χ0v) is 21.5. The Labute approximate surface area is 215 Å². The first-order chi connectivity index (χ1) is 16.4. The quantitative estimate of drug-likeness (QED) is 0.231. The zero-order chi connectivity index (χ0) is 24.2. The number of rotatable bonds is 7. The van der Waals surface area contributed by atoms with Crippen molar-refractivity contribution in [2.24, 2.45) is 0 Å². The Morgan fingerprint density at radius 1 is 1.06 bits per heavy atom. The molecule has 0 saturated carbocycles. The number of methoxy groups -OCH3 is 1. The molecule has 3 aromatic rings. The van der Waals surface area contributed by atoms with Gasteiger partial charge < -0.3 is 9.47 Å². The highest BCUT2D eigenvalue weighted by atomic mass is 127. The molecule has 1 aliphatic heterocycles. The summed E-state index contributed by atoms with van der Waals surface area (Å²) in [6, 6.07) is 17.7. The highest BCUT2D eigenvalue weighted by molar-refractivity contribution is 14.1. The van der Waals surface area contributed by atoms with Crippen molar-refractivity contribution >= 4 is 51.6 Å². The van der Waals surface area contributed by atoms with Crippen molar-refractivity contribution in [3.8, 4) is 11.5 Å². The number of hydrogen-bond acceptors (Lipinski definition) is 5. The van der Waals surface area contributed by atoms with Crippen molar-refractivity contribution in [3.05, 3.63) is 97.2 Å². The SMILES string of the molecule is COc1cc(/C=C2\SC(=O)N(Cc3ccccc3F)C2=O)cc(I)c1OCc1ccccc1C. The summed E-state index contributed by atoms with van der Waals surface area (Å²) in [6.07, 6.45) is 1.64. The molecule has 0 N–H and O–H groups in total. The molecule has 4 rings (SSSR count). The number of imide groups is 1. The predicted molar refractivity (Wildman–Crippen MR) is 139 cm³/mol. The largest absolute Gasteiger partial charge is 0.493 e. The lowest BCUT2D eigenvalue weighted by Gasteiger charge is -2.15. The minimum absolute atomic E-state index is 0.110. The maximum atomic E-state index is 14.0. The highest BCUT2D eigenvalue weighted by Crippen LogP contribution is 2.38. The normalized spacial score (nSPS) is 14.7. The molecule has 0 radical (unpaired) electrons. The van der Waals surface area contributed by atoms with Crippen LogP contribution in [0.4, 0.5) is 9.18 Å². The van der Waals surface area contributed by atoms with E-state index in [0.29, 0.717) is 23.7 Å². The fourth-order valence-electron chi connectivity index (χ4n) is 3.47. The van der Waals surface area contributed by atoms with Gasteiger partial charge in [0.2, 0.25) is 0 Å². The standard InChI is InChI=1S/C26H21FINO4S/c1-16-7-3-4-9-19(16)15-33-24-21(28)11-17(12-22(24)32-2)13-23-25(30)29(26(31)34-23)14-18-8-5-6-10-20(18)27/h3-13H,14-15H2,1-2H3/b23-13-. The van der Waals surface area contributed by atoms with Gasteiger partial charge in [0, 0.05) is 5.56 Å². The average Bonchev–Trinajstić information content (AvgIpc) is 3.07. The summed E-state index contributed by atoms with van der Waals surface area (Å²) in [4.78, 5) is 26.6. The molecule has 0 aromatic heterocycles. The van der Waals surface area contributed by atoms with Crippen LogP contribution in [-0.4, -0.2) is 23.2 Å². The number of carbonyl (C=O) groups excluding carboxylic acids is 2.